The first kappa shape index (κ1) is 24.2. The van der Waals surface area contributed by atoms with Crippen molar-refractivity contribution in [1.82, 2.24) is 4.72 Å². The summed E-state index contributed by atoms with van der Waals surface area (Å²) in [5.74, 6) is -0.238. The second kappa shape index (κ2) is 10.0. The predicted octanol–water partition coefficient (Wildman–Crippen LogP) is 3.44. The molecule has 174 valence electrons. The molecule has 0 atom stereocenters. The lowest BCUT2D eigenvalue weighted by Gasteiger charge is -2.29. The summed E-state index contributed by atoms with van der Waals surface area (Å²) in [6.07, 6.45) is 0.0456. The molecule has 1 saturated heterocycles. The molecule has 0 aliphatic carbocycles. The summed E-state index contributed by atoms with van der Waals surface area (Å²) in [7, 11) is -3.66. The van der Waals surface area contributed by atoms with Gasteiger partial charge in [0, 0.05) is 37.4 Å². The zero-order valence-corrected chi connectivity index (χ0v) is 20.1. The van der Waals surface area contributed by atoms with Crippen LogP contribution in [0.2, 0.25) is 0 Å². The minimum Gasteiger partial charge on any atom is -0.378 e. The van der Waals surface area contributed by atoms with Gasteiger partial charge in [-0.3, -0.25) is 4.79 Å². The van der Waals surface area contributed by atoms with Crippen LogP contribution < -0.4 is 14.9 Å². The zero-order chi connectivity index (χ0) is 23.4. The van der Waals surface area contributed by atoms with E-state index < -0.39 is 10.0 Å². The van der Waals surface area contributed by atoms with Crippen molar-refractivity contribution < 1.29 is 17.9 Å². The van der Waals surface area contributed by atoms with E-state index in [1.165, 1.54) is 0 Å². The Morgan fingerprint density at radius 1 is 1.06 bits per heavy atom. The number of ether oxygens (including phenoxy) is 1. The van der Waals surface area contributed by atoms with E-state index in [-0.39, 0.29) is 29.2 Å². The SMILES string of the molecule is Cc1cc(N2CCOCC2)ccc1NC(=O)CCNS(=O)(=O)c1ccc(C(C)(C)C)cc1. The third kappa shape index (κ3) is 6.31. The topological polar surface area (TPSA) is 87.7 Å². The van der Waals surface area contributed by atoms with Crippen molar-refractivity contribution in [2.24, 2.45) is 0 Å². The van der Waals surface area contributed by atoms with Crippen LogP contribution in [-0.4, -0.2) is 47.2 Å². The lowest BCUT2D eigenvalue weighted by molar-refractivity contribution is -0.116. The number of rotatable bonds is 7. The van der Waals surface area contributed by atoms with E-state index in [0.717, 1.165) is 35.6 Å². The molecule has 1 aliphatic rings. The highest BCUT2D eigenvalue weighted by Gasteiger charge is 2.18. The number of nitrogens with zero attached hydrogens (tertiary/aromatic N) is 1. The number of nitrogens with one attached hydrogen (secondary N) is 2. The molecule has 8 heteroatoms. The summed E-state index contributed by atoms with van der Waals surface area (Å²) in [6.45, 7) is 11.3. The number of carbonyl (C=O) groups excluding carboxylic acids is 1. The second-order valence-electron chi connectivity index (χ2n) is 9.07. The van der Waals surface area contributed by atoms with Gasteiger partial charge in [-0.2, -0.15) is 0 Å². The van der Waals surface area contributed by atoms with Crippen molar-refractivity contribution in [3.05, 3.63) is 53.6 Å². The molecule has 7 nitrogen and oxygen atoms in total. The Morgan fingerprint density at radius 2 is 1.72 bits per heavy atom. The van der Waals surface area contributed by atoms with Crippen molar-refractivity contribution in [2.75, 3.05) is 43.1 Å². The monoisotopic (exact) mass is 459 g/mol. The van der Waals surface area contributed by atoms with Gasteiger partial charge >= 0.3 is 0 Å². The van der Waals surface area contributed by atoms with Gasteiger partial charge < -0.3 is 15.0 Å². The van der Waals surface area contributed by atoms with Gasteiger partial charge in [-0.15, -0.1) is 0 Å². The van der Waals surface area contributed by atoms with Crippen LogP contribution in [0, 0.1) is 6.92 Å². The molecule has 0 spiro atoms. The highest BCUT2D eigenvalue weighted by atomic mass is 32.2. The van der Waals surface area contributed by atoms with E-state index in [1.54, 1.807) is 12.1 Å². The molecule has 0 saturated carbocycles. The van der Waals surface area contributed by atoms with Crippen molar-refractivity contribution in [2.45, 2.75) is 44.4 Å². The normalized spacial score (nSPS) is 14.9. The number of anilines is 2. The van der Waals surface area contributed by atoms with Gasteiger partial charge in [-0.05, 0) is 53.8 Å². The number of aryl methyl sites for hydroxylation is 1. The number of carbonyl (C=O) groups is 1. The molecular weight excluding hydrogens is 426 g/mol. The van der Waals surface area contributed by atoms with Gasteiger partial charge in [0.2, 0.25) is 15.9 Å². The fourth-order valence-electron chi connectivity index (χ4n) is 3.54. The Morgan fingerprint density at radius 3 is 2.31 bits per heavy atom. The Labute approximate surface area is 191 Å². The Kier molecular flexibility index (Phi) is 7.59. The average molecular weight is 460 g/mol. The van der Waals surface area contributed by atoms with Crippen LogP contribution in [-0.2, 0) is 25.0 Å². The minimum atomic E-state index is -3.66. The maximum atomic E-state index is 12.5. The number of sulfonamides is 1. The Bertz CT molecular complexity index is 1040. The summed E-state index contributed by atoms with van der Waals surface area (Å²) in [6, 6.07) is 12.8. The zero-order valence-electron chi connectivity index (χ0n) is 19.3. The fraction of sp³-hybridized carbons (Fsp3) is 0.458. The van der Waals surface area contributed by atoms with Crippen molar-refractivity contribution >= 4 is 27.3 Å². The van der Waals surface area contributed by atoms with E-state index in [9.17, 15) is 13.2 Å². The van der Waals surface area contributed by atoms with E-state index in [1.807, 2.05) is 37.3 Å². The summed E-state index contributed by atoms with van der Waals surface area (Å²) >= 11 is 0. The van der Waals surface area contributed by atoms with Gasteiger partial charge in [-0.25, -0.2) is 13.1 Å². The molecule has 1 fully saturated rings. The highest BCUT2D eigenvalue weighted by Crippen LogP contribution is 2.24. The summed E-state index contributed by atoms with van der Waals surface area (Å²) in [5.41, 5.74) is 3.81. The number of benzene rings is 2. The first-order valence-corrected chi connectivity index (χ1v) is 12.4. The molecule has 0 radical (unpaired) electrons. The number of hydrogen-bond acceptors (Lipinski definition) is 5. The van der Waals surface area contributed by atoms with Gasteiger partial charge in [0.25, 0.3) is 0 Å². The smallest absolute Gasteiger partial charge is 0.240 e. The molecule has 1 heterocycles. The molecule has 2 aromatic carbocycles. The first-order chi connectivity index (χ1) is 15.1. The first-order valence-electron chi connectivity index (χ1n) is 10.9. The minimum absolute atomic E-state index is 0.0279. The van der Waals surface area contributed by atoms with E-state index in [4.69, 9.17) is 4.74 Å². The van der Waals surface area contributed by atoms with Crippen LogP contribution in [0.15, 0.2) is 47.4 Å². The van der Waals surface area contributed by atoms with Crippen molar-refractivity contribution in [3.63, 3.8) is 0 Å². The van der Waals surface area contributed by atoms with Crippen LogP contribution in [0.25, 0.3) is 0 Å². The van der Waals surface area contributed by atoms with Crippen molar-refractivity contribution in [1.29, 1.82) is 0 Å². The summed E-state index contributed by atoms with van der Waals surface area (Å²) in [5, 5.41) is 2.87. The Hall–Kier alpha value is -2.42. The van der Waals surface area contributed by atoms with Gasteiger partial charge in [0.05, 0.1) is 18.1 Å². The molecular formula is C24H33N3O4S. The van der Waals surface area contributed by atoms with Crippen LogP contribution in [0.5, 0.6) is 0 Å². The molecule has 1 aliphatic heterocycles. The average Bonchev–Trinajstić information content (AvgIpc) is 2.75. The molecule has 0 bridgehead atoms. The van der Waals surface area contributed by atoms with E-state index in [0.29, 0.717) is 13.2 Å². The van der Waals surface area contributed by atoms with E-state index in [2.05, 4.69) is 35.7 Å². The van der Waals surface area contributed by atoms with Gasteiger partial charge in [-0.1, -0.05) is 32.9 Å². The maximum Gasteiger partial charge on any atom is 0.240 e. The molecule has 2 aromatic rings. The predicted molar refractivity (Wildman–Crippen MR) is 128 cm³/mol. The van der Waals surface area contributed by atoms with Crippen LogP contribution in [0.3, 0.4) is 0 Å². The lowest BCUT2D eigenvalue weighted by Crippen LogP contribution is -2.36. The van der Waals surface area contributed by atoms with Gasteiger partial charge in [0.1, 0.15) is 0 Å². The largest absolute Gasteiger partial charge is 0.378 e. The standard InChI is InChI=1S/C24H33N3O4S/c1-18-17-20(27-13-15-31-16-14-27)7-10-22(18)26-23(28)11-12-25-32(29,30)21-8-5-19(6-9-21)24(2,3)4/h5-10,17,25H,11-16H2,1-4H3,(H,26,28). The Balaban J connectivity index is 1.52. The molecule has 2 N–H and O–H groups in total. The molecule has 3 rings (SSSR count). The number of morpholine rings is 1. The third-order valence-corrected chi connectivity index (χ3v) is 7.01. The summed E-state index contributed by atoms with van der Waals surface area (Å²) < 4.78 is 32.9. The third-order valence-electron chi connectivity index (χ3n) is 5.54. The van der Waals surface area contributed by atoms with Crippen LogP contribution >= 0.6 is 0 Å². The molecule has 32 heavy (non-hydrogen) atoms. The number of amides is 1. The van der Waals surface area contributed by atoms with Crippen LogP contribution in [0.1, 0.15) is 38.3 Å². The molecule has 0 unspecified atom stereocenters. The number of hydrogen-bond donors (Lipinski definition) is 2. The van der Waals surface area contributed by atoms with E-state index >= 15 is 0 Å². The molecule has 0 aromatic heterocycles. The summed E-state index contributed by atoms with van der Waals surface area (Å²) in [4.78, 5) is 14.8. The molecule has 1 amide bonds. The maximum absolute atomic E-state index is 12.5. The lowest BCUT2D eigenvalue weighted by atomic mass is 9.87. The van der Waals surface area contributed by atoms with Crippen LogP contribution in [0.4, 0.5) is 11.4 Å². The fourth-order valence-corrected chi connectivity index (χ4v) is 4.57. The quantitative estimate of drug-likeness (QED) is 0.662. The van der Waals surface area contributed by atoms with Gasteiger partial charge in [0.15, 0.2) is 0 Å². The second-order valence-corrected chi connectivity index (χ2v) is 10.8. The highest BCUT2D eigenvalue weighted by molar-refractivity contribution is 7.89. The van der Waals surface area contributed by atoms with Crippen molar-refractivity contribution in [3.8, 4) is 0 Å².